The number of hydroxylamine groups is 2. The maximum atomic E-state index is 12.2. The molecule has 1 atom stereocenters. The Kier molecular flexibility index (Phi) is 2.84. The van der Waals surface area contributed by atoms with Crippen LogP contribution >= 0.6 is 7.82 Å². The van der Waals surface area contributed by atoms with Crippen LogP contribution in [0.3, 0.4) is 0 Å². The Morgan fingerprint density at radius 1 is 1.24 bits per heavy atom. The lowest BCUT2D eigenvalue weighted by molar-refractivity contribution is -0.390. The smallest absolute Gasteiger partial charge is 0.323 e. The average molecular weight is 320 g/mol. The first-order valence-corrected chi connectivity index (χ1v) is 8.25. The van der Waals surface area contributed by atoms with Crippen molar-refractivity contribution in [1.82, 2.24) is 10.4 Å². The molecule has 9 heteroatoms. The predicted molar refractivity (Wildman–Crippen MR) is 71.8 cm³/mol. The van der Waals surface area contributed by atoms with Crippen molar-refractivity contribution >= 4 is 13.7 Å². The van der Waals surface area contributed by atoms with Gasteiger partial charge in [0.2, 0.25) is 11.6 Å². The Morgan fingerprint density at radius 3 is 2.29 bits per heavy atom. The molecule has 4 aliphatic rings. The van der Waals surface area contributed by atoms with E-state index in [0.717, 1.165) is 0 Å². The summed E-state index contributed by atoms with van der Waals surface area (Å²) in [5.74, 6) is -1.67. The van der Waals surface area contributed by atoms with Gasteiger partial charge in [-0.05, 0) is 27.7 Å². The summed E-state index contributed by atoms with van der Waals surface area (Å²) >= 11 is 0. The van der Waals surface area contributed by atoms with E-state index in [2.05, 4.69) is 5.32 Å². The zero-order chi connectivity index (χ0) is 15.9. The SMILES string of the molecule is CON1C(C)(C)CC2(NC(C)=O)OP3(=O)OC2(O3)C1(C)C. The van der Waals surface area contributed by atoms with Crippen molar-refractivity contribution in [2.75, 3.05) is 7.11 Å². The summed E-state index contributed by atoms with van der Waals surface area (Å²) in [4.78, 5) is 17.2. The van der Waals surface area contributed by atoms with Crippen LogP contribution in [0.4, 0.5) is 0 Å². The monoisotopic (exact) mass is 320 g/mol. The predicted octanol–water partition coefficient (Wildman–Crippen LogP) is 1.52. The molecule has 21 heavy (non-hydrogen) atoms. The van der Waals surface area contributed by atoms with E-state index in [1.165, 1.54) is 6.92 Å². The molecule has 1 unspecified atom stereocenters. The quantitative estimate of drug-likeness (QED) is 0.772. The lowest BCUT2D eigenvalue weighted by Gasteiger charge is -2.62. The van der Waals surface area contributed by atoms with Gasteiger partial charge in [-0.1, -0.05) is 0 Å². The zero-order valence-electron chi connectivity index (χ0n) is 13.1. The molecule has 1 N–H and O–H groups in total. The van der Waals surface area contributed by atoms with Crippen LogP contribution in [0, 0.1) is 0 Å². The van der Waals surface area contributed by atoms with E-state index in [-0.39, 0.29) is 5.91 Å². The molecule has 0 radical (unpaired) electrons. The van der Waals surface area contributed by atoms with E-state index in [9.17, 15) is 9.36 Å². The number of nitrogens with zero attached hydrogens (tertiary/aromatic N) is 1. The molecule has 120 valence electrons. The van der Waals surface area contributed by atoms with Crippen LogP contribution in [-0.4, -0.2) is 40.7 Å². The fourth-order valence-electron chi connectivity index (χ4n) is 4.10. The van der Waals surface area contributed by atoms with Gasteiger partial charge in [-0.25, -0.2) is 13.6 Å². The van der Waals surface area contributed by atoms with Crippen LogP contribution in [0.15, 0.2) is 0 Å². The molecule has 4 saturated heterocycles. The van der Waals surface area contributed by atoms with Gasteiger partial charge in [-0.2, -0.15) is 5.06 Å². The second kappa shape index (κ2) is 3.88. The number of rotatable bonds is 2. The summed E-state index contributed by atoms with van der Waals surface area (Å²) in [5, 5.41) is 4.49. The highest BCUT2D eigenvalue weighted by molar-refractivity contribution is 7.50. The number of piperidine rings is 1. The average Bonchev–Trinajstić information content (AvgIpc) is 2.57. The Morgan fingerprint density at radius 2 is 1.81 bits per heavy atom. The van der Waals surface area contributed by atoms with E-state index in [1.54, 1.807) is 12.2 Å². The van der Waals surface area contributed by atoms with Crippen LogP contribution in [0.25, 0.3) is 0 Å². The third kappa shape index (κ3) is 1.63. The van der Waals surface area contributed by atoms with Crippen molar-refractivity contribution in [3.05, 3.63) is 0 Å². The van der Waals surface area contributed by atoms with Crippen molar-refractivity contribution in [2.24, 2.45) is 0 Å². The molecule has 0 aromatic carbocycles. The number of hydrogen-bond donors (Lipinski definition) is 1. The minimum atomic E-state index is -3.61. The molecule has 4 heterocycles. The molecule has 1 spiro atoms. The minimum Gasteiger partial charge on any atom is -0.323 e. The maximum absolute atomic E-state index is 12.2. The summed E-state index contributed by atoms with van der Waals surface area (Å²) < 4.78 is 28.9. The molecule has 4 fully saturated rings. The molecule has 0 aromatic heterocycles. The second-order valence-electron chi connectivity index (χ2n) is 6.87. The molecule has 4 rings (SSSR count). The van der Waals surface area contributed by atoms with Crippen molar-refractivity contribution in [3.8, 4) is 0 Å². The second-order valence-corrected chi connectivity index (χ2v) is 8.31. The fraction of sp³-hybridized carbons (Fsp3) is 0.917. The number of hydrogen-bond acceptors (Lipinski definition) is 7. The molecule has 1 amide bonds. The maximum Gasteiger partial charge on any atom is 0.482 e. The molecule has 4 aliphatic heterocycles. The minimum absolute atomic E-state index is 0.306. The van der Waals surface area contributed by atoms with Gasteiger partial charge in [-0.15, -0.1) is 0 Å². The standard InChI is InChI=1S/C12H21N2O6P/c1-8(15)13-11-7-9(2,3)14(17-6)10(4,5)12(11)19-21(16,18-11)20-12/h7H2,1-6H3,(H,13,15). The number of carbonyl (C=O) groups excluding carboxylic acids is 1. The molecule has 2 bridgehead atoms. The van der Waals surface area contributed by atoms with Gasteiger partial charge in [0.25, 0.3) is 5.79 Å². The van der Waals surface area contributed by atoms with Crippen molar-refractivity contribution in [3.63, 3.8) is 0 Å². The third-order valence-electron chi connectivity index (χ3n) is 4.39. The van der Waals surface area contributed by atoms with Crippen LogP contribution in [0.1, 0.15) is 41.0 Å². The van der Waals surface area contributed by atoms with Gasteiger partial charge < -0.3 is 10.2 Å². The Bertz CT molecular complexity index is 552. The van der Waals surface area contributed by atoms with E-state index in [4.69, 9.17) is 18.4 Å². The number of carbonyl (C=O) groups is 1. The topological polar surface area (TPSA) is 86.3 Å². The Labute approximate surface area is 123 Å². The first-order valence-electron chi connectivity index (χ1n) is 6.79. The van der Waals surface area contributed by atoms with E-state index < -0.39 is 30.4 Å². The number of amides is 1. The summed E-state index contributed by atoms with van der Waals surface area (Å²) in [5.41, 5.74) is -2.64. The van der Waals surface area contributed by atoms with Crippen LogP contribution in [0.2, 0.25) is 0 Å². The normalized spacial score (nSPS) is 46.6. The Hall–Kier alpha value is -0.500. The zero-order valence-corrected chi connectivity index (χ0v) is 13.9. The number of phosphoric acid groups is 1. The van der Waals surface area contributed by atoms with Crippen LogP contribution in [-0.2, 0) is 27.8 Å². The van der Waals surface area contributed by atoms with Gasteiger partial charge in [0.1, 0.15) is 5.54 Å². The van der Waals surface area contributed by atoms with Gasteiger partial charge >= 0.3 is 7.82 Å². The number of nitrogens with one attached hydrogen (secondary N) is 1. The van der Waals surface area contributed by atoms with Crippen molar-refractivity contribution in [1.29, 1.82) is 0 Å². The number of phosphoric ester groups is 1. The van der Waals surface area contributed by atoms with E-state index >= 15 is 0 Å². The van der Waals surface area contributed by atoms with Crippen LogP contribution in [0.5, 0.6) is 0 Å². The third-order valence-corrected chi connectivity index (χ3v) is 5.88. The molecule has 0 saturated carbocycles. The van der Waals surface area contributed by atoms with E-state index in [1.807, 2.05) is 27.7 Å². The highest BCUT2D eigenvalue weighted by Gasteiger charge is 2.88. The fourth-order valence-corrected chi connectivity index (χ4v) is 6.18. The molecular formula is C12H21N2O6P. The molecule has 0 aliphatic carbocycles. The summed E-state index contributed by atoms with van der Waals surface area (Å²) in [7, 11) is -2.05. The van der Waals surface area contributed by atoms with Gasteiger partial charge in [-0.3, -0.25) is 9.32 Å². The van der Waals surface area contributed by atoms with Gasteiger partial charge in [0.15, 0.2) is 0 Å². The molecule has 8 nitrogen and oxygen atoms in total. The Balaban J connectivity index is 2.15. The van der Waals surface area contributed by atoms with Crippen molar-refractivity contribution < 1.29 is 27.8 Å². The molecular weight excluding hydrogens is 299 g/mol. The first-order chi connectivity index (χ1) is 9.44. The van der Waals surface area contributed by atoms with Gasteiger partial charge in [0, 0.05) is 18.9 Å². The lowest BCUT2D eigenvalue weighted by Crippen LogP contribution is -2.82. The highest BCUT2D eigenvalue weighted by atomic mass is 31.2. The van der Waals surface area contributed by atoms with Crippen LogP contribution < -0.4 is 5.32 Å². The summed E-state index contributed by atoms with van der Waals surface area (Å²) in [6.45, 7) is 8.95. The first kappa shape index (κ1) is 15.4. The largest absolute Gasteiger partial charge is 0.482 e. The summed E-state index contributed by atoms with van der Waals surface area (Å²) in [6, 6.07) is 0. The van der Waals surface area contributed by atoms with E-state index in [0.29, 0.717) is 6.42 Å². The highest BCUT2D eigenvalue weighted by Crippen LogP contribution is 2.82. The van der Waals surface area contributed by atoms with Crippen molar-refractivity contribution in [2.45, 2.75) is 63.6 Å². The molecule has 0 aromatic rings. The van der Waals surface area contributed by atoms with Gasteiger partial charge in [0.05, 0.1) is 7.11 Å². The summed E-state index contributed by atoms with van der Waals surface area (Å²) in [6.07, 6.45) is 0.306. The lowest BCUT2D eigenvalue weighted by atomic mass is 9.71.